The van der Waals surface area contributed by atoms with Gasteiger partial charge in [-0.25, -0.2) is 9.78 Å². The van der Waals surface area contributed by atoms with Crippen LogP contribution in [0.3, 0.4) is 0 Å². The fraction of sp³-hybridized carbons (Fsp3) is 0.469. The Hall–Kier alpha value is -3.81. The van der Waals surface area contributed by atoms with Gasteiger partial charge in [0.15, 0.2) is 5.76 Å². The number of alkyl carbamates (subject to hydrolysis) is 1. The van der Waals surface area contributed by atoms with E-state index >= 15 is 0 Å². The topological polar surface area (TPSA) is 89.6 Å². The normalized spacial score (nSPS) is 22.4. The Morgan fingerprint density at radius 3 is 2.73 bits per heavy atom. The average Bonchev–Trinajstić information content (AvgIpc) is 3.26. The number of rotatable bonds is 5. The third-order valence-corrected chi connectivity index (χ3v) is 8.74. The minimum atomic E-state index is -0.560. The van der Waals surface area contributed by atoms with Gasteiger partial charge in [-0.3, -0.25) is 4.79 Å². The lowest BCUT2D eigenvalue weighted by Crippen LogP contribution is -2.46. The highest BCUT2D eigenvalue weighted by Crippen LogP contribution is 2.41. The highest BCUT2D eigenvalue weighted by molar-refractivity contribution is 6.00. The van der Waals surface area contributed by atoms with E-state index in [2.05, 4.69) is 33.9 Å². The van der Waals surface area contributed by atoms with Gasteiger partial charge in [0.2, 0.25) is 0 Å². The minimum absolute atomic E-state index is 0.0206. The van der Waals surface area contributed by atoms with Crippen LogP contribution in [0.1, 0.15) is 62.4 Å². The van der Waals surface area contributed by atoms with Crippen molar-refractivity contribution in [2.75, 3.05) is 6.54 Å². The second-order valence-electron chi connectivity index (χ2n) is 12.8. The van der Waals surface area contributed by atoms with Crippen LogP contribution in [0.5, 0.6) is 0 Å². The fourth-order valence-electron chi connectivity index (χ4n) is 6.68. The molecule has 2 unspecified atom stereocenters. The monoisotopic (exact) mass is 540 g/mol. The number of hydrogen-bond acceptors (Lipinski definition) is 5. The van der Waals surface area contributed by atoms with Crippen molar-refractivity contribution in [3.63, 3.8) is 0 Å². The van der Waals surface area contributed by atoms with Crippen molar-refractivity contribution in [2.24, 2.45) is 11.8 Å². The number of likely N-dealkylation sites (tertiary alicyclic amines) is 1. The molecular weight excluding hydrogens is 504 g/mol. The van der Waals surface area contributed by atoms with E-state index in [1.165, 1.54) is 12.8 Å². The average molecular weight is 541 g/mol. The molecular formula is C32H36N4O4. The number of furan rings is 1. The molecule has 8 nitrogen and oxygen atoms in total. The standard InChI is InChI=1S/C32H36N4O4/c1-18-23-11-9-21(30(37)36-17-22-10-12-24(36)27(22)34-31(38)40-32(2,3)4)15-26(23)39-28(18)25-14-20-6-5-13-33-29(20)35(25)16-19-7-8-19/h5-6,9,11,13-15,19,22,24,27H,7-8,10,12,16-17H2,1-4H3,(H,34,38)/t22?,24?,27-/m1/s1. The molecule has 7 rings (SSSR count). The first-order valence-electron chi connectivity index (χ1n) is 14.4. The number of fused-ring (bicyclic) bond motifs is 4. The quantitative estimate of drug-likeness (QED) is 0.321. The van der Waals surface area contributed by atoms with Gasteiger partial charge < -0.3 is 23.9 Å². The molecule has 4 heterocycles. The lowest BCUT2D eigenvalue weighted by molar-refractivity contribution is 0.0485. The number of piperidine rings is 1. The molecule has 1 aliphatic heterocycles. The largest absolute Gasteiger partial charge is 0.454 e. The van der Waals surface area contributed by atoms with Gasteiger partial charge >= 0.3 is 6.09 Å². The van der Waals surface area contributed by atoms with Crippen molar-refractivity contribution >= 4 is 34.0 Å². The van der Waals surface area contributed by atoms with Gasteiger partial charge in [-0.15, -0.1) is 0 Å². The number of aryl methyl sites for hydroxylation is 1. The second-order valence-corrected chi connectivity index (χ2v) is 12.8. The molecule has 3 atom stereocenters. The van der Waals surface area contributed by atoms with E-state index in [0.29, 0.717) is 23.6 Å². The maximum Gasteiger partial charge on any atom is 0.407 e. The number of amides is 2. The SMILES string of the molecule is Cc1c(-c2cc3cccnc3n2CC2CC2)oc2cc(C(=O)N3CC4CCC3[C@@H]4NC(=O)OC(C)(C)C)ccc12. The molecule has 3 aliphatic rings. The van der Waals surface area contributed by atoms with Crippen LogP contribution in [0.25, 0.3) is 33.5 Å². The van der Waals surface area contributed by atoms with Crippen molar-refractivity contribution < 1.29 is 18.7 Å². The van der Waals surface area contributed by atoms with Gasteiger partial charge in [0.1, 0.15) is 16.8 Å². The number of benzene rings is 1. The Labute approximate surface area is 233 Å². The molecule has 0 radical (unpaired) electrons. The summed E-state index contributed by atoms with van der Waals surface area (Å²) in [5.41, 5.74) is 3.85. The molecule has 3 fully saturated rings. The number of nitrogens with one attached hydrogen (secondary N) is 1. The first kappa shape index (κ1) is 25.2. The van der Waals surface area contributed by atoms with Crippen molar-refractivity contribution in [3.8, 4) is 11.5 Å². The molecule has 0 spiro atoms. The van der Waals surface area contributed by atoms with E-state index in [1.807, 2.05) is 56.1 Å². The Morgan fingerprint density at radius 2 is 1.95 bits per heavy atom. The lowest BCUT2D eigenvalue weighted by atomic mass is 10.1. The van der Waals surface area contributed by atoms with E-state index in [1.54, 1.807) is 0 Å². The van der Waals surface area contributed by atoms with E-state index in [0.717, 1.165) is 52.8 Å². The summed E-state index contributed by atoms with van der Waals surface area (Å²) in [5, 5.41) is 5.16. The van der Waals surface area contributed by atoms with Crippen LogP contribution in [0, 0.1) is 18.8 Å². The van der Waals surface area contributed by atoms with Crippen molar-refractivity contribution in [1.29, 1.82) is 0 Å². The van der Waals surface area contributed by atoms with E-state index < -0.39 is 11.7 Å². The molecule has 40 heavy (non-hydrogen) atoms. The number of aromatic nitrogens is 2. The van der Waals surface area contributed by atoms with E-state index in [9.17, 15) is 9.59 Å². The van der Waals surface area contributed by atoms with Crippen LogP contribution in [0.2, 0.25) is 0 Å². The number of pyridine rings is 1. The van der Waals surface area contributed by atoms with Crippen LogP contribution < -0.4 is 5.32 Å². The Bertz CT molecular complexity index is 1640. The number of ether oxygens (including phenoxy) is 1. The predicted molar refractivity (Wildman–Crippen MR) is 153 cm³/mol. The molecule has 1 saturated heterocycles. The number of carbonyl (C=O) groups is 2. The first-order chi connectivity index (χ1) is 19.2. The number of nitrogens with zero attached hydrogens (tertiary/aromatic N) is 3. The number of hydrogen-bond donors (Lipinski definition) is 1. The summed E-state index contributed by atoms with van der Waals surface area (Å²) in [6.07, 6.45) is 5.81. The molecule has 1 aromatic carbocycles. The molecule has 2 aliphatic carbocycles. The summed E-state index contributed by atoms with van der Waals surface area (Å²) in [5.74, 6) is 1.74. The Kier molecular flexibility index (Phi) is 5.74. The highest BCUT2D eigenvalue weighted by atomic mass is 16.6. The van der Waals surface area contributed by atoms with Crippen LogP contribution in [0.4, 0.5) is 4.79 Å². The zero-order chi connectivity index (χ0) is 27.8. The summed E-state index contributed by atoms with van der Waals surface area (Å²) in [4.78, 5) is 32.8. The van der Waals surface area contributed by atoms with Crippen molar-refractivity contribution in [1.82, 2.24) is 19.8 Å². The molecule has 4 aromatic rings. The molecule has 3 aromatic heterocycles. The maximum absolute atomic E-state index is 13.7. The van der Waals surface area contributed by atoms with E-state index in [4.69, 9.17) is 9.15 Å². The summed E-state index contributed by atoms with van der Waals surface area (Å²) in [6.45, 7) is 9.22. The zero-order valence-corrected chi connectivity index (χ0v) is 23.6. The Morgan fingerprint density at radius 1 is 1.12 bits per heavy atom. The molecule has 2 amide bonds. The van der Waals surface area contributed by atoms with Crippen LogP contribution in [-0.2, 0) is 11.3 Å². The van der Waals surface area contributed by atoms with Gasteiger partial charge in [-0.05, 0) is 95.5 Å². The predicted octanol–water partition coefficient (Wildman–Crippen LogP) is 6.30. The molecule has 208 valence electrons. The van der Waals surface area contributed by atoms with Crippen LogP contribution in [0.15, 0.2) is 47.0 Å². The summed E-state index contributed by atoms with van der Waals surface area (Å²) in [7, 11) is 0. The minimum Gasteiger partial charge on any atom is -0.454 e. The highest BCUT2D eigenvalue weighted by Gasteiger charge is 2.49. The summed E-state index contributed by atoms with van der Waals surface area (Å²) in [6, 6.07) is 11.9. The molecule has 2 bridgehead atoms. The third kappa shape index (κ3) is 4.34. The second kappa shape index (κ2) is 9.11. The van der Waals surface area contributed by atoms with E-state index in [-0.39, 0.29) is 23.9 Å². The maximum atomic E-state index is 13.7. The van der Waals surface area contributed by atoms with Crippen LogP contribution >= 0.6 is 0 Å². The van der Waals surface area contributed by atoms with Crippen LogP contribution in [-0.4, -0.2) is 50.7 Å². The van der Waals surface area contributed by atoms with Crippen molar-refractivity contribution in [2.45, 2.75) is 77.6 Å². The Balaban J connectivity index is 1.17. The molecule has 2 saturated carbocycles. The molecule has 8 heteroatoms. The third-order valence-electron chi connectivity index (χ3n) is 8.74. The summed E-state index contributed by atoms with van der Waals surface area (Å²) < 4.78 is 14.3. The first-order valence-corrected chi connectivity index (χ1v) is 14.4. The van der Waals surface area contributed by atoms with Gasteiger partial charge in [0, 0.05) is 41.2 Å². The summed E-state index contributed by atoms with van der Waals surface area (Å²) >= 11 is 0. The van der Waals surface area contributed by atoms with Gasteiger partial charge in [0.25, 0.3) is 5.91 Å². The van der Waals surface area contributed by atoms with Gasteiger partial charge in [0.05, 0.1) is 17.8 Å². The lowest BCUT2D eigenvalue weighted by Gasteiger charge is -2.28. The number of carbonyl (C=O) groups excluding carboxylic acids is 2. The zero-order valence-electron chi connectivity index (χ0n) is 23.6. The van der Waals surface area contributed by atoms with Gasteiger partial charge in [-0.2, -0.15) is 0 Å². The molecule has 1 N–H and O–H groups in total. The van der Waals surface area contributed by atoms with Crippen molar-refractivity contribution in [3.05, 3.63) is 53.7 Å². The smallest absolute Gasteiger partial charge is 0.407 e. The van der Waals surface area contributed by atoms with Gasteiger partial charge in [-0.1, -0.05) is 6.07 Å². The fourth-order valence-corrected chi connectivity index (χ4v) is 6.68.